The first-order chi connectivity index (χ1) is 40.4. The molecule has 0 unspecified atom stereocenters. The summed E-state index contributed by atoms with van der Waals surface area (Å²) in [6, 6.07) is 46.0. The van der Waals surface area contributed by atoms with Crippen LogP contribution in [0.5, 0.6) is 0 Å². The Labute approximate surface area is 428 Å². The molecule has 9 heteroatoms. The molecule has 16 aromatic rings. The molecule has 0 saturated carbocycles. The molecule has 338 valence electrons. The summed E-state index contributed by atoms with van der Waals surface area (Å²) in [5.41, 5.74) is 3.54. The number of para-hydroxylation sites is 7. The van der Waals surface area contributed by atoms with Crippen molar-refractivity contribution in [2.75, 3.05) is 0 Å². The number of fused-ring (bicyclic) bond motifs is 16. The lowest BCUT2D eigenvalue weighted by Crippen LogP contribution is -2.12. The minimum absolute atomic E-state index is 0.0364. The SMILES string of the molecule is [2H]c1c([2H])c(-n2c3c([2H])c([2H])c([2H])c([2H])c3c3c([2H])c(C#N)c([2H])c([2H])c32)c(-c2nc(-n3c4ccccc4c4ccccc43)nc(-n3c4ccccc4c4ccccc43)n2)c(-n2c3ccccc3c3ccc4oc5ccccc5c4c32)c1[2H]. The minimum Gasteiger partial charge on any atom is -0.456 e. The van der Waals surface area contributed by atoms with Gasteiger partial charge in [-0.15, -0.1) is 0 Å². The predicted molar refractivity (Wildman–Crippen MR) is 295 cm³/mol. The van der Waals surface area contributed by atoms with Crippen LogP contribution in [0.2, 0.25) is 0 Å². The largest absolute Gasteiger partial charge is 0.456 e. The van der Waals surface area contributed by atoms with Gasteiger partial charge < -0.3 is 13.6 Å². The number of nitrogens with zero attached hydrogens (tertiary/aromatic N) is 8. The van der Waals surface area contributed by atoms with Crippen molar-refractivity contribution in [3.8, 4) is 40.7 Å². The van der Waals surface area contributed by atoms with Gasteiger partial charge in [-0.1, -0.05) is 133 Å². The number of hydrogen-bond acceptors (Lipinski definition) is 5. The molecule has 0 amide bonds. The quantitative estimate of drug-likeness (QED) is 0.171. The lowest BCUT2D eigenvalue weighted by molar-refractivity contribution is 0.669. The third-order valence-corrected chi connectivity index (χ3v) is 14.1. The zero-order valence-corrected chi connectivity index (χ0v) is 38.0. The van der Waals surface area contributed by atoms with E-state index in [0.717, 1.165) is 59.8 Å². The van der Waals surface area contributed by atoms with E-state index in [1.807, 2.05) is 177 Å². The van der Waals surface area contributed by atoms with Crippen molar-refractivity contribution in [1.82, 2.24) is 33.2 Å². The highest BCUT2D eigenvalue weighted by atomic mass is 16.3. The smallest absolute Gasteiger partial charge is 0.240 e. The molecule has 0 radical (unpaired) electrons. The highest BCUT2D eigenvalue weighted by Crippen LogP contribution is 2.45. The Morgan fingerprint density at radius 2 is 0.904 bits per heavy atom. The molecular weight excluding hydrogens is 897 g/mol. The zero-order chi connectivity index (χ0) is 56.6. The van der Waals surface area contributed by atoms with Gasteiger partial charge in [0.05, 0.1) is 91.8 Å². The van der Waals surface area contributed by atoms with Gasteiger partial charge in [0, 0.05) is 48.5 Å². The van der Waals surface area contributed by atoms with Gasteiger partial charge in [-0.3, -0.25) is 9.13 Å². The maximum Gasteiger partial charge on any atom is 0.240 e. The average Bonchev–Trinajstić information content (AvgIpc) is 2.17. The van der Waals surface area contributed by atoms with Crippen molar-refractivity contribution in [3.05, 3.63) is 224 Å². The average molecular weight is 943 g/mol. The van der Waals surface area contributed by atoms with Crippen molar-refractivity contribution in [1.29, 1.82) is 5.26 Å². The lowest BCUT2D eigenvalue weighted by Gasteiger charge is -2.20. The second-order valence-corrected chi connectivity index (χ2v) is 17.9. The molecular formula is C64H36N8O. The Morgan fingerprint density at radius 3 is 1.51 bits per heavy atom. The van der Waals surface area contributed by atoms with Crippen molar-refractivity contribution in [2.24, 2.45) is 0 Å². The van der Waals surface area contributed by atoms with Crippen molar-refractivity contribution < 1.29 is 18.1 Å². The van der Waals surface area contributed by atoms with Crippen molar-refractivity contribution >= 4 is 109 Å². The van der Waals surface area contributed by atoms with E-state index in [-0.39, 0.29) is 56.5 Å². The Morgan fingerprint density at radius 1 is 0.397 bits per heavy atom. The zero-order valence-electron chi connectivity index (χ0n) is 48.0. The first kappa shape index (κ1) is 31.0. The van der Waals surface area contributed by atoms with Crippen LogP contribution >= 0.6 is 0 Å². The summed E-state index contributed by atoms with van der Waals surface area (Å²) in [5, 5.41) is 16.4. The van der Waals surface area contributed by atoms with Gasteiger partial charge in [0.25, 0.3) is 0 Å². The third-order valence-electron chi connectivity index (χ3n) is 14.1. The first-order valence-corrected chi connectivity index (χ1v) is 23.5. The first-order valence-electron chi connectivity index (χ1n) is 28.5. The van der Waals surface area contributed by atoms with Gasteiger partial charge in [-0.05, 0) is 84.8 Å². The Kier molecular flexibility index (Phi) is 6.32. The molecule has 6 aromatic heterocycles. The second kappa shape index (κ2) is 14.9. The van der Waals surface area contributed by atoms with Gasteiger partial charge in [-0.25, -0.2) is 0 Å². The number of furan rings is 1. The molecule has 16 rings (SSSR count). The maximum absolute atomic E-state index is 10.5. The molecule has 0 aliphatic carbocycles. The molecule has 6 heterocycles. The topological polar surface area (TPSA) is 95.3 Å². The molecule has 0 atom stereocenters. The number of rotatable bonds is 5. The van der Waals surface area contributed by atoms with Crippen LogP contribution in [-0.2, 0) is 0 Å². The molecule has 0 saturated heterocycles. The van der Waals surface area contributed by atoms with Crippen LogP contribution < -0.4 is 0 Å². The van der Waals surface area contributed by atoms with Crippen LogP contribution in [0.3, 0.4) is 0 Å². The maximum atomic E-state index is 10.5. The summed E-state index contributed by atoms with van der Waals surface area (Å²) < 4.78 is 110. The van der Waals surface area contributed by atoms with Gasteiger partial charge in [-0.2, -0.15) is 20.2 Å². The highest BCUT2D eigenvalue weighted by molar-refractivity contribution is 6.25. The monoisotopic (exact) mass is 942 g/mol. The van der Waals surface area contributed by atoms with E-state index >= 15 is 0 Å². The number of benzene rings is 10. The summed E-state index contributed by atoms with van der Waals surface area (Å²) in [6.45, 7) is 0. The summed E-state index contributed by atoms with van der Waals surface area (Å²) in [6.07, 6.45) is 0. The summed E-state index contributed by atoms with van der Waals surface area (Å²) >= 11 is 0. The van der Waals surface area contributed by atoms with Gasteiger partial charge in [0.15, 0.2) is 5.82 Å². The van der Waals surface area contributed by atoms with Crippen molar-refractivity contribution in [2.45, 2.75) is 0 Å². The molecule has 10 aromatic carbocycles. The normalized spacial score (nSPS) is 14.0. The van der Waals surface area contributed by atoms with Crippen molar-refractivity contribution in [3.63, 3.8) is 0 Å². The fourth-order valence-electron chi connectivity index (χ4n) is 11.2. The Hall–Kier alpha value is -10.3. The van der Waals surface area contributed by atoms with Crippen LogP contribution in [0.4, 0.5) is 0 Å². The minimum atomic E-state index is -0.688. The van der Waals surface area contributed by atoms with Crippen LogP contribution in [-0.4, -0.2) is 33.2 Å². The van der Waals surface area contributed by atoms with E-state index in [1.54, 1.807) is 0 Å². The summed E-state index contributed by atoms with van der Waals surface area (Å²) in [5.74, 6) is 0.0417. The summed E-state index contributed by atoms with van der Waals surface area (Å²) in [7, 11) is 0. The number of hydrogen-bond donors (Lipinski definition) is 0. The third kappa shape index (κ3) is 5.46. The Bertz CT molecular complexity index is 5450. The van der Waals surface area contributed by atoms with Gasteiger partial charge in [0.2, 0.25) is 11.9 Å². The molecule has 0 aliphatic rings. The van der Waals surface area contributed by atoms with E-state index in [9.17, 15) is 16.2 Å². The molecule has 0 aliphatic heterocycles. The molecule has 73 heavy (non-hydrogen) atoms. The van der Waals surface area contributed by atoms with Crippen LogP contribution in [0, 0.1) is 11.3 Å². The number of aromatic nitrogens is 7. The fourth-order valence-corrected chi connectivity index (χ4v) is 11.2. The molecule has 0 fully saturated rings. The highest BCUT2D eigenvalue weighted by Gasteiger charge is 2.28. The van der Waals surface area contributed by atoms with E-state index in [0.29, 0.717) is 27.6 Å². The summed E-state index contributed by atoms with van der Waals surface area (Å²) in [4.78, 5) is 16.4. The standard InChI is InChI=1S/C64H36N8O/c65-37-38-32-34-54-47(36-38)44-21-6-8-23-48(44)69(54)55-29-15-30-56(70-49-24-9-5-20-43(49)45-33-35-58-59(61(45)70)46-22-7-14-31-57(46)73-58)60(55)62-66-63(71-50-25-10-1-16-39(50)40-17-2-11-26-51(40)71)68-64(67-62)72-52-27-12-3-18-41(52)42-19-4-13-28-53(42)72/h1-36H/i6D,8D,15D,21D,23D,29D,30D,32D,34D,36D. The van der Waals surface area contributed by atoms with Crippen LogP contribution in [0.1, 0.15) is 19.3 Å². The second-order valence-electron chi connectivity index (χ2n) is 17.9. The fraction of sp³-hybridized carbons (Fsp3) is 0. The molecule has 0 N–H and O–H groups in total. The molecule has 0 spiro atoms. The van der Waals surface area contributed by atoms with Crippen LogP contribution in [0.25, 0.3) is 144 Å². The van der Waals surface area contributed by atoms with Gasteiger partial charge in [0.1, 0.15) is 11.2 Å². The number of nitriles is 1. The van der Waals surface area contributed by atoms with E-state index < -0.39 is 66.0 Å². The van der Waals surface area contributed by atoms with Crippen LogP contribution in [0.15, 0.2) is 223 Å². The van der Waals surface area contributed by atoms with E-state index in [1.165, 1.54) is 4.57 Å². The Balaban J connectivity index is 1.20. The van der Waals surface area contributed by atoms with Gasteiger partial charge >= 0.3 is 0 Å². The van der Waals surface area contributed by atoms with E-state index in [4.69, 9.17) is 22.1 Å². The lowest BCUT2D eigenvalue weighted by atomic mass is 10.1. The molecule has 9 nitrogen and oxygen atoms in total. The van der Waals surface area contributed by atoms with E-state index in [2.05, 4.69) is 0 Å². The predicted octanol–water partition coefficient (Wildman–Crippen LogP) is 15.7. The molecule has 0 bridgehead atoms.